The molecule has 6 nitrogen and oxygen atoms in total. The van der Waals surface area contributed by atoms with Crippen LogP contribution in [-0.4, -0.2) is 50.1 Å². The lowest BCUT2D eigenvalue weighted by Gasteiger charge is -2.31. The third-order valence-electron chi connectivity index (χ3n) is 4.94. The lowest BCUT2D eigenvalue weighted by atomic mass is 9.86. The highest BCUT2D eigenvalue weighted by Crippen LogP contribution is 2.24. The molecule has 28 heavy (non-hydrogen) atoms. The van der Waals surface area contributed by atoms with Gasteiger partial charge in [-0.2, -0.15) is 8.78 Å². The normalized spacial score (nSPS) is 20.0. The Morgan fingerprint density at radius 2 is 2.00 bits per heavy atom. The van der Waals surface area contributed by atoms with E-state index in [0.717, 1.165) is 19.3 Å². The van der Waals surface area contributed by atoms with E-state index in [0.29, 0.717) is 17.4 Å². The van der Waals surface area contributed by atoms with Crippen LogP contribution in [0.1, 0.15) is 38.2 Å². The van der Waals surface area contributed by atoms with Crippen molar-refractivity contribution in [1.29, 1.82) is 0 Å². The number of carbonyl (C=O) groups is 1. The molecule has 0 heterocycles. The van der Waals surface area contributed by atoms with Crippen molar-refractivity contribution in [3.05, 3.63) is 29.8 Å². The van der Waals surface area contributed by atoms with Gasteiger partial charge in [-0.15, -0.1) is 0 Å². The topological polar surface area (TPSA) is 66.0 Å². The Kier molecular flexibility index (Phi) is 8.47. The fraction of sp³-hybridized carbons (Fsp3) is 0.600. The van der Waals surface area contributed by atoms with Crippen LogP contribution < -0.4 is 15.4 Å². The van der Waals surface area contributed by atoms with Crippen LogP contribution >= 0.6 is 0 Å². The van der Waals surface area contributed by atoms with E-state index in [-0.39, 0.29) is 30.8 Å². The molecular formula is C20H30F2N4O2. The average Bonchev–Trinajstić information content (AvgIpc) is 2.65. The Labute approximate surface area is 165 Å². The summed E-state index contributed by atoms with van der Waals surface area (Å²) in [6.07, 6.45) is 4.55. The van der Waals surface area contributed by atoms with E-state index in [2.05, 4.69) is 27.3 Å². The molecule has 1 saturated carbocycles. The second kappa shape index (κ2) is 10.8. The van der Waals surface area contributed by atoms with Crippen molar-refractivity contribution >= 4 is 11.9 Å². The van der Waals surface area contributed by atoms with E-state index in [9.17, 15) is 13.6 Å². The number of carbonyl (C=O) groups excluding carboxylic acids is 1. The minimum absolute atomic E-state index is 0.0763. The Morgan fingerprint density at radius 3 is 2.68 bits per heavy atom. The highest BCUT2D eigenvalue weighted by molar-refractivity contribution is 5.86. The summed E-state index contributed by atoms with van der Waals surface area (Å²) in [6, 6.07) is 6.86. The monoisotopic (exact) mass is 396 g/mol. The standard InChI is InChI=1S/C20H30F2N4O2/c1-14-8-4-6-10-16(14)25-20(24-13-18(27)26(2)3)23-12-15-9-5-7-11-17(15)28-19(21)22/h5,7,9,11,14,16,19H,4,6,8,10,12-13H2,1-3H3,(H2,23,24,25). The number of guanidine groups is 1. The molecule has 1 fully saturated rings. The smallest absolute Gasteiger partial charge is 0.387 e. The van der Waals surface area contributed by atoms with Crippen molar-refractivity contribution < 1.29 is 18.3 Å². The quantitative estimate of drug-likeness (QED) is 0.549. The van der Waals surface area contributed by atoms with Crippen LogP contribution in [0.15, 0.2) is 29.3 Å². The Morgan fingerprint density at radius 1 is 1.29 bits per heavy atom. The molecule has 2 N–H and O–H groups in total. The second-order valence-electron chi connectivity index (χ2n) is 7.31. The number of ether oxygens (including phenoxy) is 1. The van der Waals surface area contributed by atoms with Crippen molar-refractivity contribution in [1.82, 2.24) is 15.5 Å². The second-order valence-corrected chi connectivity index (χ2v) is 7.31. The molecule has 1 aromatic carbocycles. The van der Waals surface area contributed by atoms with Gasteiger partial charge < -0.3 is 20.3 Å². The highest BCUT2D eigenvalue weighted by atomic mass is 19.3. The SMILES string of the molecule is CC1CCCCC1NC(=NCc1ccccc1OC(F)F)NCC(=O)N(C)C. The van der Waals surface area contributed by atoms with E-state index >= 15 is 0 Å². The van der Waals surface area contributed by atoms with Crippen LogP contribution in [0.3, 0.4) is 0 Å². The van der Waals surface area contributed by atoms with Crippen LogP contribution in [0.5, 0.6) is 5.75 Å². The van der Waals surface area contributed by atoms with Crippen LogP contribution in [0.4, 0.5) is 8.78 Å². The number of nitrogens with zero attached hydrogens (tertiary/aromatic N) is 2. The van der Waals surface area contributed by atoms with Gasteiger partial charge in [-0.3, -0.25) is 4.79 Å². The zero-order chi connectivity index (χ0) is 20.5. The van der Waals surface area contributed by atoms with Gasteiger partial charge in [0.1, 0.15) is 5.75 Å². The zero-order valence-corrected chi connectivity index (χ0v) is 16.8. The molecule has 8 heteroatoms. The molecule has 1 amide bonds. The molecule has 156 valence electrons. The summed E-state index contributed by atoms with van der Waals surface area (Å²) in [5.74, 6) is 1.03. The van der Waals surface area contributed by atoms with Gasteiger partial charge in [-0.25, -0.2) is 4.99 Å². The van der Waals surface area contributed by atoms with E-state index in [4.69, 9.17) is 0 Å². The number of amides is 1. The first kappa shape index (κ1) is 21.9. The zero-order valence-electron chi connectivity index (χ0n) is 16.8. The Bertz CT molecular complexity index is 667. The molecule has 1 aliphatic carbocycles. The maximum atomic E-state index is 12.6. The number of hydrogen-bond donors (Lipinski definition) is 2. The summed E-state index contributed by atoms with van der Waals surface area (Å²) in [4.78, 5) is 18.0. The average molecular weight is 396 g/mol. The maximum absolute atomic E-state index is 12.6. The first-order chi connectivity index (χ1) is 13.4. The molecular weight excluding hydrogens is 366 g/mol. The Hall–Kier alpha value is -2.38. The third kappa shape index (κ3) is 6.98. The van der Waals surface area contributed by atoms with Crippen molar-refractivity contribution in [2.45, 2.75) is 51.8 Å². The van der Waals surface area contributed by atoms with Crippen LogP contribution in [0, 0.1) is 5.92 Å². The number of rotatable bonds is 7. The predicted molar refractivity (Wildman–Crippen MR) is 105 cm³/mol. The van der Waals surface area contributed by atoms with Gasteiger partial charge in [-0.05, 0) is 24.8 Å². The van der Waals surface area contributed by atoms with Gasteiger partial charge in [0.15, 0.2) is 5.96 Å². The number of hydrogen-bond acceptors (Lipinski definition) is 3. The lowest BCUT2D eigenvalue weighted by molar-refractivity contribution is -0.127. The van der Waals surface area contributed by atoms with Crippen molar-refractivity contribution in [3.63, 3.8) is 0 Å². The molecule has 2 atom stereocenters. The van der Waals surface area contributed by atoms with Crippen molar-refractivity contribution in [2.75, 3.05) is 20.6 Å². The minimum atomic E-state index is -2.89. The molecule has 1 aliphatic rings. The van der Waals surface area contributed by atoms with Gasteiger partial charge in [0, 0.05) is 25.7 Å². The molecule has 1 aromatic rings. The molecule has 0 bridgehead atoms. The molecule has 0 spiro atoms. The summed E-state index contributed by atoms with van der Waals surface area (Å²) in [7, 11) is 3.38. The van der Waals surface area contributed by atoms with Gasteiger partial charge >= 0.3 is 6.61 Å². The molecule has 0 saturated heterocycles. The number of aliphatic imine (C=N–C) groups is 1. The van der Waals surface area contributed by atoms with Crippen LogP contribution in [0.2, 0.25) is 0 Å². The maximum Gasteiger partial charge on any atom is 0.387 e. The number of alkyl halides is 2. The number of para-hydroxylation sites is 1. The fourth-order valence-corrected chi connectivity index (χ4v) is 3.19. The largest absolute Gasteiger partial charge is 0.434 e. The van der Waals surface area contributed by atoms with E-state index in [1.165, 1.54) is 17.4 Å². The predicted octanol–water partition coefficient (Wildman–Crippen LogP) is 2.99. The van der Waals surface area contributed by atoms with Crippen LogP contribution in [-0.2, 0) is 11.3 Å². The summed E-state index contributed by atoms with van der Waals surface area (Å²) in [5, 5.41) is 6.47. The van der Waals surface area contributed by atoms with Gasteiger partial charge in [0.25, 0.3) is 0 Å². The molecule has 0 aliphatic heterocycles. The summed E-state index contributed by atoms with van der Waals surface area (Å²) < 4.78 is 29.8. The van der Waals surface area contributed by atoms with Gasteiger partial charge in [0.05, 0.1) is 13.1 Å². The van der Waals surface area contributed by atoms with Crippen molar-refractivity contribution in [2.24, 2.45) is 10.9 Å². The molecule has 2 unspecified atom stereocenters. The van der Waals surface area contributed by atoms with Crippen molar-refractivity contribution in [3.8, 4) is 5.75 Å². The van der Waals surface area contributed by atoms with Gasteiger partial charge in [-0.1, -0.05) is 38.0 Å². The Balaban J connectivity index is 2.12. The van der Waals surface area contributed by atoms with E-state index in [1.807, 2.05) is 0 Å². The fourth-order valence-electron chi connectivity index (χ4n) is 3.19. The number of nitrogens with one attached hydrogen (secondary N) is 2. The van der Waals surface area contributed by atoms with Crippen LogP contribution in [0.25, 0.3) is 0 Å². The molecule has 0 aromatic heterocycles. The van der Waals surface area contributed by atoms with E-state index in [1.54, 1.807) is 32.3 Å². The van der Waals surface area contributed by atoms with E-state index < -0.39 is 6.61 Å². The summed E-state index contributed by atoms with van der Waals surface area (Å²) in [6.45, 7) is -0.419. The lowest BCUT2D eigenvalue weighted by Crippen LogP contribution is -2.49. The number of likely N-dealkylation sites (N-methyl/N-ethyl adjacent to an activating group) is 1. The minimum Gasteiger partial charge on any atom is -0.434 e. The number of halogens is 2. The number of benzene rings is 1. The third-order valence-corrected chi connectivity index (χ3v) is 4.94. The summed E-state index contributed by atoms with van der Waals surface area (Å²) in [5.41, 5.74) is 0.555. The molecule has 0 radical (unpaired) electrons. The first-order valence-corrected chi connectivity index (χ1v) is 9.64. The van der Waals surface area contributed by atoms with Gasteiger partial charge in [0.2, 0.25) is 5.91 Å². The molecule has 2 rings (SSSR count). The summed E-state index contributed by atoms with van der Waals surface area (Å²) >= 11 is 0. The first-order valence-electron chi connectivity index (χ1n) is 9.64. The highest BCUT2D eigenvalue weighted by Gasteiger charge is 2.22.